The highest BCUT2D eigenvalue weighted by molar-refractivity contribution is 5.87. The molecule has 1 saturated heterocycles. The average molecular weight is 513 g/mol. The third-order valence-corrected chi connectivity index (χ3v) is 8.15. The van der Waals surface area contributed by atoms with Crippen LogP contribution in [-0.2, 0) is 4.74 Å². The van der Waals surface area contributed by atoms with Crippen molar-refractivity contribution in [3.8, 4) is 11.6 Å². The minimum Gasteiger partial charge on any atom is -0.378 e. The van der Waals surface area contributed by atoms with E-state index in [0.717, 1.165) is 49.1 Å². The van der Waals surface area contributed by atoms with Crippen LogP contribution in [0.25, 0.3) is 22.8 Å². The van der Waals surface area contributed by atoms with Crippen LogP contribution in [0.5, 0.6) is 0 Å². The summed E-state index contributed by atoms with van der Waals surface area (Å²) >= 11 is 0. The molecule has 0 bridgehead atoms. The van der Waals surface area contributed by atoms with Crippen molar-refractivity contribution in [2.45, 2.75) is 84.7 Å². The molecule has 0 aromatic carbocycles. The van der Waals surface area contributed by atoms with E-state index in [1.807, 2.05) is 0 Å². The van der Waals surface area contributed by atoms with E-state index < -0.39 is 5.76 Å². The van der Waals surface area contributed by atoms with Crippen LogP contribution in [0.15, 0.2) is 9.32 Å². The van der Waals surface area contributed by atoms with Crippen LogP contribution >= 0.6 is 0 Å². The lowest BCUT2D eigenvalue weighted by Gasteiger charge is -2.33. The third kappa shape index (κ3) is 5.51. The molecule has 2 fully saturated rings. The number of imidazole rings is 1. The monoisotopic (exact) mass is 512 g/mol. The Balaban J connectivity index is 1.60. The Labute approximate surface area is 217 Å². The van der Waals surface area contributed by atoms with Gasteiger partial charge in [0.15, 0.2) is 11.5 Å². The molecule has 3 unspecified atom stereocenters. The number of anilines is 2. The van der Waals surface area contributed by atoms with Crippen LogP contribution in [0, 0.1) is 11.8 Å². The first kappa shape index (κ1) is 25.7. The summed E-state index contributed by atoms with van der Waals surface area (Å²) in [7, 11) is 0. The predicted molar refractivity (Wildman–Crippen MR) is 143 cm³/mol. The fourth-order valence-electron chi connectivity index (χ4n) is 5.30. The topological polar surface area (TPSA) is 127 Å². The summed E-state index contributed by atoms with van der Waals surface area (Å²) in [6, 6.07) is 0.472. The molecule has 0 radical (unpaired) electrons. The smallest absolute Gasteiger partial charge is 0.378 e. The maximum absolute atomic E-state index is 11.7. The fraction of sp³-hybridized carbons (Fsp3) is 0.731. The van der Waals surface area contributed by atoms with E-state index in [-0.39, 0.29) is 17.9 Å². The van der Waals surface area contributed by atoms with Crippen molar-refractivity contribution in [1.82, 2.24) is 29.7 Å². The van der Waals surface area contributed by atoms with Gasteiger partial charge in [-0.1, -0.05) is 44.7 Å². The van der Waals surface area contributed by atoms with Gasteiger partial charge in [-0.15, -0.1) is 0 Å². The number of aromatic amines is 1. The van der Waals surface area contributed by atoms with Gasteiger partial charge >= 0.3 is 5.76 Å². The number of fused-ring (bicyclic) bond motifs is 1. The number of ether oxygens (including phenoxy) is 1. The van der Waals surface area contributed by atoms with E-state index in [9.17, 15) is 4.79 Å². The van der Waals surface area contributed by atoms with Gasteiger partial charge in [0.1, 0.15) is 5.52 Å². The van der Waals surface area contributed by atoms with E-state index in [1.165, 1.54) is 32.1 Å². The minimum absolute atomic E-state index is 0.204. The number of nitrogens with zero attached hydrogens (tertiary/aromatic N) is 6. The second kappa shape index (κ2) is 11.2. The number of morpholine rings is 1. The Bertz CT molecular complexity index is 1240. The quantitative estimate of drug-likeness (QED) is 0.385. The highest BCUT2D eigenvalue weighted by Gasteiger charge is 2.29. The Kier molecular flexibility index (Phi) is 7.78. The normalized spacial score (nSPS) is 19.1. The summed E-state index contributed by atoms with van der Waals surface area (Å²) in [5, 5.41) is 7.53. The zero-order valence-electron chi connectivity index (χ0n) is 22.5. The van der Waals surface area contributed by atoms with Crippen molar-refractivity contribution in [2.24, 2.45) is 11.8 Å². The Morgan fingerprint density at radius 2 is 1.89 bits per heavy atom. The van der Waals surface area contributed by atoms with Crippen molar-refractivity contribution in [2.75, 3.05) is 36.5 Å². The van der Waals surface area contributed by atoms with Crippen molar-refractivity contribution < 1.29 is 9.26 Å². The van der Waals surface area contributed by atoms with E-state index >= 15 is 0 Å². The second-order valence-corrected chi connectivity index (χ2v) is 10.8. The van der Waals surface area contributed by atoms with Crippen molar-refractivity contribution in [3.63, 3.8) is 0 Å². The number of nitrogens with one attached hydrogen (secondary N) is 2. The first-order chi connectivity index (χ1) is 17.9. The minimum atomic E-state index is -0.634. The SMILES string of the molecule is CCC(C)CCCC(C)n1c(N2CCOCC2)nc2nc(-c3noc(=O)[nH]3)nc(NC(C)C3CCC3)c21. The van der Waals surface area contributed by atoms with Gasteiger partial charge in [0.25, 0.3) is 0 Å². The molecule has 1 aliphatic carbocycles. The maximum atomic E-state index is 11.7. The van der Waals surface area contributed by atoms with Crippen LogP contribution in [0.2, 0.25) is 0 Å². The second-order valence-electron chi connectivity index (χ2n) is 10.8. The summed E-state index contributed by atoms with van der Waals surface area (Å²) in [5.41, 5.74) is 1.49. The molecule has 3 aromatic heterocycles. The van der Waals surface area contributed by atoms with Crippen LogP contribution in [0.3, 0.4) is 0 Å². The highest BCUT2D eigenvalue weighted by atomic mass is 16.5. The number of hydrogen-bond acceptors (Lipinski definition) is 9. The molecule has 5 rings (SSSR count). The molecule has 0 amide bonds. The van der Waals surface area contributed by atoms with Crippen LogP contribution in [-0.4, -0.2) is 62.0 Å². The standard InChI is InChI=1S/C26H40N8O3/c1-5-16(2)8-6-9-17(3)34-20-21(27-18(4)19-10-7-11-19)28-23(24-31-26(35)37-32-24)29-22(20)30-25(34)33-12-14-36-15-13-33/h16-19H,5-15H2,1-4H3,(H,27,28,29)(H,31,32,35). The number of rotatable bonds is 11. The summed E-state index contributed by atoms with van der Waals surface area (Å²) in [4.78, 5) is 31.2. The zero-order chi connectivity index (χ0) is 25.9. The first-order valence-corrected chi connectivity index (χ1v) is 13.9. The molecule has 1 aliphatic heterocycles. The van der Waals surface area contributed by atoms with Crippen LogP contribution < -0.4 is 16.0 Å². The van der Waals surface area contributed by atoms with Gasteiger partial charge in [-0.25, -0.2) is 14.8 Å². The van der Waals surface area contributed by atoms with Crippen molar-refractivity contribution in [1.29, 1.82) is 0 Å². The van der Waals surface area contributed by atoms with Gasteiger partial charge in [-0.3, -0.25) is 9.51 Å². The van der Waals surface area contributed by atoms with E-state index in [0.29, 0.717) is 30.6 Å². The first-order valence-electron chi connectivity index (χ1n) is 13.9. The summed E-state index contributed by atoms with van der Waals surface area (Å²) < 4.78 is 12.7. The summed E-state index contributed by atoms with van der Waals surface area (Å²) in [5.74, 6) is 2.83. The lowest BCUT2D eigenvalue weighted by atomic mass is 9.80. The summed E-state index contributed by atoms with van der Waals surface area (Å²) in [6.07, 6.45) is 8.32. The van der Waals surface area contributed by atoms with Crippen LogP contribution in [0.1, 0.15) is 78.7 Å². The zero-order valence-corrected chi connectivity index (χ0v) is 22.5. The largest absolute Gasteiger partial charge is 0.439 e. The molecular weight excluding hydrogens is 472 g/mol. The molecule has 4 heterocycles. The molecule has 37 heavy (non-hydrogen) atoms. The van der Waals surface area contributed by atoms with Crippen LogP contribution in [0.4, 0.5) is 11.8 Å². The Hall–Kier alpha value is -2.95. The average Bonchev–Trinajstić information content (AvgIpc) is 3.47. The molecule has 2 N–H and O–H groups in total. The molecule has 3 atom stereocenters. The Morgan fingerprint density at radius 1 is 1.11 bits per heavy atom. The van der Waals surface area contributed by atoms with Gasteiger partial charge < -0.3 is 19.5 Å². The number of aromatic nitrogens is 6. The van der Waals surface area contributed by atoms with Gasteiger partial charge in [0.2, 0.25) is 17.6 Å². The van der Waals surface area contributed by atoms with Gasteiger partial charge in [-0.05, 0) is 44.9 Å². The van der Waals surface area contributed by atoms with E-state index in [1.54, 1.807) is 0 Å². The fourth-order valence-corrected chi connectivity index (χ4v) is 5.30. The van der Waals surface area contributed by atoms with Gasteiger partial charge in [0, 0.05) is 25.2 Å². The highest BCUT2D eigenvalue weighted by Crippen LogP contribution is 2.36. The third-order valence-electron chi connectivity index (χ3n) is 8.15. The Morgan fingerprint density at radius 3 is 2.54 bits per heavy atom. The van der Waals surface area contributed by atoms with E-state index in [4.69, 9.17) is 24.2 Å². The molecule has 3 aromatic rings. The predicted octanol–water partition coefficient (Wildman–Crippen LogP) is 4.38. The lowest BCUT2D eigenvalue weighted by Crippen LogP contribution is -2.38. The number of H-pyrrole nitrogens is 1. The maximum Gasteiger partial charge on any atom is 0.439 e. The molecule has 2 aliphatic rings. The van der Waals surface area contributed by atoms with Crippen molar-refractivity contribution in [3.05, 3.63) is 10.6 Å². The molecule has 11 heteroatoms. The summed E-state index contributed by atoms with van der Waals surface area (Å²) in [6.45, 7) is 12.0. The molecule has 202 valence electrons. The van der Waals surface area contributed by atoms with E-state index in [2.05, 4.69) is 52.6 Å². The van der Waals surface area contributed by atoms with Gasteiger partial charge in [-0.2, -0.15) is 4.98 Å². The molecule has 11 nitrogen and oxygen atoms in total. The molecule has 1 saturated carbocycles. The molecular formula is C26H40N8O3. The van der Waals surface area contributed by atoms with Gasteiger partial charge in [0.05, 0.1) is 13.2 Å². The lowest BCUT2D eigenvalue weighted by molar-refractivity contribution is 0.121. The number of hydrogen-bond donors (Lipinski definition) is 2. The molecule has 0 spiro atoms. The van der Waals surface area contributed by atoms with Crippen molar-refractivity contribution >= 4 is 22.9 Å².